The van der Waals surface area contributed by atoms with Crippen LogP contribution in [0.15, 0.2) is 23.4 Å². The van der Waals surface area contributed by atoms with Crippen molar-refractivity contribution in [3.8, 4) is 17.2 Å². The molecule has 14 heteroatoms. The van der Waals surface area contributed by atoms with Crippen LogP contribution in [0.2, 0.25) is 5.02 Å². The van der Waals surface area contributed by atoms with Crippen LogP contribution in [0.4, 0.5) is 9.18 Å². The summed E-state index contributed by atoms with van der Waals surface area (Å²) in [7, 11) is 0. The zero-order valence-electron chi connectivity index (χ0n) is 29.1. The lowest BCUT2D eigenvalue weighted by atomic mass is 9.92. The quantitative estimate of drug-likeness (QED) is 0.164. The van der Waals surface area contributed by atoms with Gasteiger partial charge in [-0.1, -0.05) is 16.8 Å². The van der Waals surface area contributed by atoms with Crippen molar-refractivity contribution in [1.29, 1.82) is 5.26 Å². The number of aromatic nitrogens is 6. The minimum absolute atomic E-state index is 0.137. The Hall–Kier alpha value is -3.99. The van der Waals surface area contributed by atoms with E-state index < -0.39 is 17.5 Å². The Labute approximate surface area is 299 Å². The fourth-order valence-corrected chi connectivity index (χ4v) is 8.17. The summed E-state index contributed by atoms with van der Waals surface area (Å²) in [6.07, 6.45) is 7.10. The van der Waals surface area contributed by atoms with Gasteiger partial charge in [0.05, 0.1) is 41.3 Å². The predicted molar refractivity (Wildman–Crippen MR) is 192 cm³/mol. The van der Waals surface area contributed by atoms with Gasteiger partial charge in [0.15, 0.2) is 12.0 Å². The highest BCUT2D eigenvalue weighted by Gasteiger charge is 2.36. The van der Waals surface area contributed by atoms with E-state index in [-0.39, 0.29) is 40.8 Å². The maximum Gasteiger partial charge on any atom is 0.410 e. The Balaban J connectivity index is 1.36. The second kappa shape index (κ2) is 13.3. The van der Waals surface area contributed by atoms with Crippen LogP contribution in [0.25, 0.3) is 44.0 Å². The lowest BCUT2D eigenvalue weighted by Crippen LogP contribution is -2.48. The number of carbonyl (C=O) groups is 1. The molecule has 2 aromatic carbocycles. The number of hydrogen-bond acceptors (Lipinski definition) is 9. The Bertz CT molecular complexity index is 2180. The van der Waals surface area contributed by atoms with Crippen LogP contribution in [0.3, 0.4) is 0 Å². The number of carbonyl (C=O) groups excluding carboxylic acids is 1. The molecule has 2 fully saturated rings. The monoisotopic (exact) mass is 718 g/mol. The van der Waals surface area contributed by atoms with Crippen molar-refractivity contribution in [2.24, 2.45) is 0 Å². The summed E-state index contributed by atoms with van der Waals surface area (Å²) in [5.41, 5.74) is 4.37. The number of amides is 1. The van der Waals surface area contributed by atoms with Crippen LogP contribution in [-0.2, 0) is 9.47 Å². The topological polar surface area (TPSA) is 124 Å². The predicted octanol–water partition coefficient (Wildman–Crippen LogP) is 8.68. The summed E-state index contributed by atoms with van der Waals surface area (Å²) < 4.78 is 32.6. The van der Waals surface area contributed by atoms with Crippen molar-refractivity contribution in [3.63, 3.8) is 0 Å². The van der Waals surface area contributed by atoms with Crippen molar-refractivity contribution in [1.82, 2.24) is 34.7 Å². The molecule has 0 N–H and O–H groups in total. The molecule has 2 aliphatic rings. The SMILES string of the molecule is CSc1nc2c(F)c(-c3c(C)c(C)cc4c3cnn4C3CCCCO3)c(Cl)cc2c2c1nnn2[C@H]1CCN(C(=O)OC(C)(C)C)[C@H](CC#N)C1. The van der Waals surface area contributed by atoms with Gasteiger partial charge < -0.3 is 14.4 Å². The first-order valence-corrected chi connectivity index (χ1v) is 18.6. The third-order valence-corrected chi connectivity index (χ3v) is 10.8. The van der Waals surface area contributed by atoms with Gasteiger partial charge in [-0.2, -0.15) is 10.4 Å². The van der Waals surface area contributed by atoms with Crippen LogP contribution >= 0.6 is 23.4 Å². The minimum Gasteiger partial charge on any atom is -0.444 e. The average molecular weight is 719 g/mol. The molecular weight excluding hydrogens is 679 g/mol. The maximum atomic E-state index is 17.2. The lowest BCUT2D eigenvalue weighted by Gasteiger charge is -2.39. The average Bonchev–Trinajstić information content (AvgIpc) is 3.71. The molecule has 7 rings (SSSR count). The molecule has 50 heavy (non-hydrogen) atoms. The number of thioether (sulfide) groups is 1. The number of nitrogens with zero attached hydrogens (tertiary/aromatic N) is 8. The molecule has 11 nitrogen and oxygen atoms in total. The minimum atomic E-state index is -0.664. The van der Waals surface area contributed by atoms with Gasteiger partial charge in [-0.25, -0.2) is 23.5 Å². The fraction of sp³-hybridized carbons (Fsp3) is 0.500. The van der Waals surface area contributed by atoms with Gasteiger partial charge in [0.2, 0.25) is 0 Å². The molecule has 5 heterocycles. The molecule has 1 amide bonds. The smallest absolute Gasteiger partial charge is 0.410 e. The van der Waals surface area contributed by atoms with Crippen molar-refractivity contribution < 1.29 is 18.7 Å². The zero-order valence-corrected chi connectivity index (χ0v) is 30.7. The van der Waals surface area contributed by atoms with Gasteiger partial charge in [-0.3, -0.25) is 0 Å². The van der Waals surface area contributed by atoms with Gasteiger partial charge in [0.25, 0.3) is 0 Å². The van der Waals surface area contributed by atoms with Gasteiger partial charge in [-0.15, -0.1) is 16.9 Å². The Kier molecular flexibility index (Phi) is 9.16. The van der Waals surface area contributed by atoms with Crippen LogP contribution in [-0.4, -0.2) is 71.8 Å². The van der Waals surface area contributed by atoms with Crippen LogP contribution in [0.5, 0.6) is 0 Å². The van der Waals surface area contributed by atoms with Crippen LogP contribution in [0.1, 0.15) is 82.7 Å². The number of rotatable bonds is 5. The van der Waals surface area contributed by atoms with E-state index in [2.05, 4.69) is 22.4 Å². The van der Waals surface area contributed by atoms with Gasteiger partial charge in [-0.05, 0) is 96.2 Å². The highest BCUT2D eigenvalue weighted by molar-refractivity contribution is 7.98. The first-order chi connectivity index (χ1) is 23.9. The molecule has 2 aliphatic heterocycles. The summed E-state index contributed by atoms with van der Waals surface area (Å²) in [6, 6.07) is 5.46. The van der Waals surface area contributed by atoms with Crippen molar-refractivity contribution >= 4 is 62.3 Å². The molecule has 1 unspecified atom stereocenters. The van der Waals surface area contributed by atoms with Crippen LogP contribution < -0.4 is 0 Å². The van der Waals surface area contributed by atoms with E-state index >= 15 is 4.39 Å². The maximum absolute atomic E-state index is 17.2. The molecule has 0 aliphatic carbocycles. The molecule has 0 bridgehead atoms. The normalized spacial score (nSPS) is 20.1. The lowest BCUT2D eigenvalue weighted by molar-refractivity contribution is -0.0366. The number of nitriles is 1. The first-order valence-electron chi connectivity index (χ1n) is 17.0. The molecule has 0 radical (unpaired) electrons. The van der Waals surface area contributed by atoms with Gasteiger partial charge >= 0.3 is 6.09 Å². The standard InChI is InChI=1S/C36H40ClFN8O3S/c1-19-15-26-24(18-40-46(26)27-9-7-8-14-48-27)28(20(19)2)29-25(37)17-23-31(30(29)38)41-34(50-6)32-33(23)45(43-42-32)22-11-13-44(21(16-22)10-12-39)35(47)49-36(3,4)5/h15,17-18,21-22,27H,7-11,13-14,16H2,1-6H3/t21-,22+,27?/m1/s1. The Morgan fingerprint density at radius 2 is 1.96 bits per heavy atom. The molecule has 262 valence electrons. The summed E-state index contributed by atoms with van der Waals surface area (Å²) in [5, 5.41) is 25.5. The number of halogens is 2. The molecule has 5 aromatic rings. The van der Waals surface area contributed by atoms with E-state index in [0.29, 0.717) is 53.0 Å². The second-order valence-electron chi connectivity index (χ2n) is 14.2. The highest BCUT2D eigenvalue weighted by Crippen LogP contribution is 2.45. The number of ether oxygens (including phenoxy) is 2. The van der Waals surface area contributed by atoms with E-state index in [9.17, 15) is 10.1 Å². The summed E-state index contributed by atoms with van der Waals surface area (Å²) in [4.78, 5) is 19.5. The van der Waals surface area contributed by atoms with Gasteiger partial charge in [0.1, 0.15) is 27.2 Å². The Morgan fingerprint density at radius 1 is 1.16 bits per heavy atom. The number of pyridine rings is 1. The third-order valence-electron chi connectivity index (χ3n) is 9.84. The summed E-state index contributed by atoms with van der Waals surface area (Å²) >= 11 is 8.47. The fourth-order valence-electron chi connectivity index (χ4n) is 7.37. The number of piperidine rings is 1. The molecule has 2 saturated heterocycles. The molecular formula is C36H40ClFN8O3S. The molecule has 3 atom stereocenters. The molecule has 0 saturated carbocycles. The van der Waals surface area contributed by atoms with Crippen molar-refractivity contribution in [2.75, 3.05) is 19.4 Å². The number of hydrogen-bond donors (Lipinski definition) is 0. The molecule has 0 spiro atoms. The van der Waals surface area contributed by atoms with E-state index in [1.54, 1.807) is 21.8 Å². The van der Waals surface area contributed by atoms with Crippen molar-refractivity contribution in [3.05, 3.63) is 40.3 Å². The van der Waals surface area contributed by atoms with E-state index in [1.807, 2.05) is 45.6 Å². The zero-order chi connectivity index (χ0) is 35.5. The van der Waals surface area contributed by atoms with Crippen molar-refractivity contribution in [2.45, 2.75) is 102 Å². The third kappa shape index (κ3) is 5.95. The summed E-state index contributed by atoms with van der Waals surface area (Å²) in [5.74, 6) is -0.531. The van der Waals surface area contributed by atoms with E-state index in [4.69, 9.17) is 31.2 Å². The largest absolute Gasteiger partial charge is 0.444 e. The number of fused-ring (bicyclic) bond motifs is 4. The first kappa shape index (κ1) is 34.5. The number of aryl methyl sites for hydroxylation is 1. The summed E-state index contributed by atoms with van der Waals surface area (Å²) in [6.45, 7) is 10.5. The Morgan fingerprint density at radius 3 is 2.66 bits per heavy atom. The van der Waals surface area contributed by atoms with E-state index in [1.165, 1.54) is 11.8 Å². The number of benzene rings is 2. The van der Waals surface area contributed by atoms with Crippen LogP contribution in [0, 0.1) is 31.0 Å². The van der Waals surface area contributed by atoms with E-state index in [0.717, 1.165) is 41.3 Å². The second-order valence-corrected chi connectivity index (χ2v) is 15.4. The number of likely N-dealkylation sites (tertiary alicyclic amines) is 1. The molecule has 3 aromatic heterocycles. The van der Waals surface area contributed by atoms with Gasteiger partial charge in [0, 0.05) is 35.1 Å². The highest BCUT2D eigenvalue weighted by atomic mass is 35.5.